The molecule has 4 heteroatoms. The van der Waals surface area contributed by atoms with Crippen LogP contribution in [0.5, 0.6) is 0 Å². The van der Waals surface area contributed by atoms with Crippen molar-refractivity contribution in [3.63, 3.8) is 0 Å². The number of hydrogen-bond donors (Lipinski definition) is 1. The molecule has 0 aromatic carbocycles. The Morgan fingerprint density at radius 2 is 2.35 bits per heavy atom. The topological polar surface area (TPSA) is 45.6 Å². The molecule has 0 aliphatic carbocycles. The molecule has 2 heterocycles. The molecule has 0 saturated carbocycles. The molecule has 0 spiro atoms. The third-order valence-electron chi connectivity index (χ3n) is 3.43. The Labute approximate surface area is 102 Å². The normalized spacial score (nSPS) is 25.9. The number of hydrogen-bond acceptors (Lipinski definition) is 4. The smallest absolute Gasteiger partial charge is 0.134 e. The van der Waals surface area contributed by atoms with Crippen molar-refractivity contribution in [3.05, 3.63) is 23.9 Å². The Hall–Kier alpha value is -1.13. The van der Waals surface area contributed by atoms with Gasteiger partial charge in [-0.15, -0.1) is 0 Å². The molecule has 3 atom stereocenters. The molecule has 17 heavy (non-hydrogen) atoms. The maximum Gasteiger partial charge on any atom is 0.134 e. The molecule has 1 aromatic rings. The number of anilines is 1. The van der Waals surface area contributed by atoms with Crippen molar-refractivity contribution in [1.82, 2.24) is 4.98 Å². The molecule has 4 nitrogen and oxygen atoms in total. The summed E-state index contributed by atoms with van der Waals surface area (Å²) in [5.74, 6) is 0.852. The first kappa shape index (κ1) is 12.3. The molecular formula is C13H20N2O2. The van der Waals surface area contributed by atoms with Gasteiger partial charge in [0.15, 0.2) is 0 Å². The van der Waals surface area contributed by atoms with Crippen molar-refractivity contribution in [2.75, 3.05) is 18.6 Å². The van der Waals surface area contributed by atoms with Crippen molar-refractivity contribution in [1.29, 1.82) is 0 Å². The molecule has 2 unspecified atom stereocenters. The van der Waals surface area contributed by atoms with Gasteiger partial charge in [0.25, 0.3) is 0 Å². The van der Waals surface area contributed by atoms with Gasteiger partial charge < -0.3 is 14.7 Å². The highest BCUT2D eigenvalue weighted by molar-refractivity contribution is 5.48. The Balaban J connectivity index is 2.27. The molecule has 1 N–H and O–H groups in total. The fraction of sp³-hybridized carbons (Fsp3) is 0.615. The summed E-state index contributed by atoms with van der Waals surface area (Å²) >= 11 is 0. The van der Waals surface area contributed by atoms with Gasteiger partial charge in [0.1, 0.15) is 5.82 Å². The van der Waals surface area contributed by atoms with E-state index in [4.69, 9.17) is 4.74 Å². The summed E-state index contributed by atoms with van der Waals surface area (Å²) in [6, 6.07) is 4.11. The molecular weight excluding hydrogens is 216 g/mol. The van der Waals surface area contributed by atoms with Gasteiger partial charge in [0, 0.05) is 25.4 Å². The van der Waals surface area contributed by atoms with Crippen LogP contribution in [0.25, 0.3) is 0 Å². The maximum atomic E-state index is 9.76. The van der Waals surface area contributed by atoms with Crippen LogP contribution in [-0.2, 0) is 4.74 Å². The number of rotatable bonds is 3. The standard InChI is InChI=1S/C13H20N2O2/c1-9(16)11-5-4-7-14-13(11)15(3)12-6-8-17-10(12)2/h4-5,7,9-10,12,16H,6,8H2,1-3H3/t9-,10?,12?/m0/s1. The highest BCUT2D eigenvalue weighted by atomic mass is 16.5. The van der Waals surface area contributed by atoms with Crippen molar-refractivity contribution < 1.29 is 9.84 Å². The van der Waals surface area contributed by atoms with Gasteiger partial charge in [-0.3, -0.25) is 0 Å². The predicted octanol–water partition coefficient (Wildman–Crippen LogP) is 1.75. The number of aromatic nitrogens is 1. The highest BCUT2D eigenvalue weighted by Gasteiger charge is 2.29. The van der Waals surface area contributed by atoms with Crippen LogP contribution in [0.4, 0.5) is 5.82 Å². The summed E-state index contributed by atoms with van der Waals surface area (Å²) in [6.45, 7) is 4.65. The van der Waals surface area contributed by atoms with Crippen LogP contribution in [0.3, 0.4) is 0 Å². The fourth-order valence-electron chi connectivity index (χ4n) is 2.42. The van der Waals surface area contributed by atoms with Gasteiger partial charge in [-0.1, -0.05) is 6.07 Å². The largest absolute Gasteiger partial charge is 0.389 e. The summed E-state index contributed by atoms with van der Waals surface area (Å²) in [6.07, 6.45) is 2.48. The fourth-order valence-corrected chi connectivity index (χ4v) is 2.42. The van der Waals surface area contributed by atoms with E-state index in [1.54, 1.807) is 13.1 Å². The second kappa shape index (κ2) is 5.02. The summed E-state index contributed by atoms with van der Waals surface area (Å²) in [7, 11) is 2.02. The van der Waals surface area contributed by atoms with Crippen LogP contribution in [0.15, 0.2) is 18.3 Å². The summed E-state index contributed by atoms with van der Waals surface area (Å²) in [5, 5.41) is 9.76. The number of ether oxygens (including phenoxy) is 1. The van der Waals surface area contributed by atoms with E-state index >= 15 is 0 Å². The molecule has 1 saturated heterocycles. The first-order valence-electron chi connectivity index (χ1n) is 6.08. The van der Waals surface area contributed by atoms with E-state index in [-0.39, 0.29) is 6.10 Å². The number of likely N-dealkylation sites (N-methyl/N-ethyl adjacent to an activating group) is 1. The Morgan fingerprint density at radius 3 is 2.94 bits per heavy atom. The monoisotopic (exact) mass is 236 g/mol. The number of nitrogens with zero attached hydrogens (tertiary/aromatic N) is 2. The van der Waals surface area contributed by atoms with E-state index in [9.17, 15) is 5.11 Å². The van der Waals surface area contributed by atoms with Crippen LogP contribution in [0.1, 0.15) is 31.9 Å². The average molecular weight is 236 g/mol. The van der Waals surface area contributed by atoms with Crippen LogP contribution in [0, 0.1) is 0 Å². The maximum absolute atomic E-state index is 9.76. The lowest BCUT2D eigenvalue weighted by atomic mass is 10.1. The van der Waals surface area contributed by atoms with Gasteiger partial charge in [-0.05, 0) is 26.3 Å². The molecule has 0 amide bonds. The molecule has 0 bridgehead atoms. The lowest BCUT2D eigenvalue weighted by Gasteiger charge is -2.29. The minimum absolute atomic E-state index is 0.212. The lowest BCUT2D eigenvalue weighted by molar-refractivity contribution is 0.118. The van der Waals surface area contributed by atoms with Crippen molar-refractivity contribution in [3.8, 4) is 0 Å². The van der Waals surface area contributed by atoms with Gasteiger partial charge in [0.2, 0.25) is 0 Å². The van der Waals surface area contributed by atoms with E-state index in [1.165, 1.54) is 0 Å². The molecule has 2 rings (SSSR count). The molecule has 94 valence electrons. The van der Waals surface area contributed by atoms with Gasteiger partial charge in [-0.25, -0.2) is 4.98 Å². The number of aliphatic hydroxyl groups excluding tert-OH is 1. The molecule has 1 aromatic heterocycles. The van der Waals surface area contributed by atoms with Crippen molar-refractivity contribution in [2.24, 2.45) is 0 Å². The van der Waals surface area contributed by atoms with E-state index in [2.05, 4.69) is 16.8 Å². The lowest BCUT2D eigenvalue weighted by Crippen LogP contribution is -2.38. The number of aliphatic hydroxyl groups is 1. The first-order valence-corrected chi connectivity index (χ1v) is 6.08. The second-order valence-electron chi connectivity index (χ2n) is 4.64. The van der Waals surface area contributed by atoms with Crippen molar-refractivity contribution in [2.45, 2.75) is 38.5 Å². The van der Waals surface area contributed by atoms with Crippen molar-refractivity contribution >= 4 is 5.82 Å². The zero-order valence-corrected chi connectivity index (χ0v) is 10.6. The zero-order chi connectivity index (χ0) is 12.4. The average Bonchev–Trinajstić information content (AvgIpc) is 2.74. The van der Waals surface area contributed by atoms with Crippen LogP contribution >= 0.6 is 0 Å². The first-order chi connectivity index (χ1) is 8.11. The minimum Gasteiger partial charge on any atom is -0.389 e. The number of pyridine rings is 1. The predicted molar refractivity (Wildman–Crippen MR) is 67.1 cm³/mol. The zero-order valence-electron chi connectivity index (χ0n) is 10.6. The third kappa shape index (κ3) is 2.42. The van der Waals surface area contributed by atoms with E-state index in [1.807, 2.05) is 19.2 Å². The Kier molecular flexibility index (Phi) is 3.64. The van der Waals surface area contributed by atoms with E-state index in [0.717, 1.165) is 24.4 Å². The summed E-state index contributed by atoms with van der Waals surface area (Å²) in [4.78, 5) is 6.51. The van der Waals surface area contributed by atoms with Gasteiger partial charge in [0.05, 0.1) is 18.2 Å². The van der Waals surface area contributed by atoms with Crippen LogP contribution in [-0.4, -0.2) is 35.9 Å². The minimum atomic E-state index is -0.501. The van der Waals surface area contributed by atoms with E-state index < -0.39 is 6.10 Å². The molecule has 1 aliphatic heterocycles. The highest BCUT2D eigenvalue weighted by Crippen LogP contribution is 2.28. The quantitative estimate of drug-likeness (QED) is 0.868. The van der Waals surface area contributed by atoms with Crippen LogP contribution in [0.2, 0.25) is 0 Å². The van der Waals surface area contributed by atoms with E-state index in [0.29, 0.717) is 6.04 Å². The Bertz CT molecular complexity index is 381. The second-order valence-corrected chi connectivity index (χ2v) is 4.64. The molecule has 1 fully saturated rings. The Morgan fingerprint density at radius 1 is 1.59 bits per heavy atom. The summed E-state index contributed by atoms with van der Waals surface area (Å²) in [5.41, 5.74) is 0.870. The summed E-state index contributed by atoms with van der Waals surface area (Å²) < 4.78 is 5.58. The molecule has 0 radical (unpaired) electrons. The SMILES string of the molecule is CC1OCCC1N(C)c1ncccc1[C@H](C)O. The van der Waals surface area contributed by atoms with Gasteiger partial charge >= 0.3 is 0 Å². The van der Waals surface area contributed by atoms with Crippen LogP contribution < -0.4 is 4.90 Å². The third-order valence-corrected chi connectivity index (χ3v) is 3.43. The van der Waals surface area contributed by atoms with Gasteiger partial charge in [-0.2, -0.15) is 0 Å². The molecule has 1 aliphatic rings.